The van der Waals surface area contributed by atoms with E-state index in [0.29, 0.717) is 66.4 Å². The fraction of sp³-hybridized carbons (Fsp3) is 0.455. The maximum Gasteiger partial charge on any atom is 0.319 e. The highest BCUT2D eigenvalue weighted by molar-refractivity contribution is 5.94. The van der Waals surface area contributed by atoms with Gasteiger partial charge in [0.15, 0.2) is 0 Å². The Morgan fingerprint density at radius 1 is 1.21 bits per heavy atom. The summed E-state index contributed by atoms with van der Waals surface area (Å²) in [6.07, 6.45) is 5.89. The number of anilines is 1. The Morgan fingerprint density at radius 3 is 2.88 bits per heavy atom. The van der Waals surface area contributed by atoms with Gasteiger partial charge in [0.1, 0.15) is 18.2 Å². The Labute approximate surface area is 245 Å². The van der Waals surface area contributed by atoms with E-state index in [0.717, 1.165) is 31.4 Å². The second-order valence-electron chi connectivity index (χ2n) is 12.1. The quantitative estimate of drug-likeness (QED) is 0.384. The predicted octanol–water partition coefficient (Wildman–Crippen LogP) is 4.69. The number of nitrogens with zero attached hydrogens (tertiary/aromatic N) is 6. The maximum absolute atomic E-state index is 16.0. The van der Waals surface area contributed by atoms with Crippen molar-refractivity contribution in [1.29, 1.82) is 5.26 Å². The molecule has 3 aromatic rings. The zero-order valence-electron chi connectivity index (χ0n) is 23.9. The minimum absolute atomic E-state index is 0.177. The lowest BCUT2D eigenvalue weighted by atomic mass is 9.93. The Bertz CT molecular complexity index is 1620. The van der Waals surface area contributed by atoms with E-state index in [9.17, 15) is 10.1 Å². The Morgan fingerprint density at radius 2 is 2.10 bits per heavy atom. The number of benzene rings is 2. The minimum atomic E-state index is -0.335. The number of hydrogen-bond donors (Lipinski definition) is 0. The number of carbonyl (C=O) groups is 1. The average Bonchev–Trinajstić information content (AvgIpc) is 3.49. The molecule has 42 heavy (non-hydrogen) atoms. The average molecular weight is 567 g/mol. The number of amides is 1. The molecule has 216 valence electrons. The molecule has 7 rings (SSSR count). The standard InChI is InChI=1S/C33H35FN6O2/c1-3-31(41)40-13-12-39(18-21(40)9-10-35)32-28-16-29(34)27(24-8-4-7-23-25-14-20(25)15-26(23)24)17-30(28)36-33(37-32)42-19-22-6-5-11-38(22)2/h3-4,7-8,16-17,20-22,25H,1,5-6,9,11-15,18-19H2,2H3/t20-,21+,22+,25-/m1/s1. The molecule has 0 spiro atoms. The number of piperazine rings is 1. The first-order valence-electron chi connectivity index (χ1n) is 15.0. The van der Waals surface area contributed by atoms with Crippen molar-refractivity contribution in [3.63, 3.8) is 0 Å². The lowest BCUT2D eigenvalue weighted by Crippen LogP contribution is -2.55. The molecule has 8 nitrogen and oxygen atoms in total. The van der Waals surface area contributed by atoms with Gasteiger partial charge in [0, 0.05) is 36.6 Å². The Kier molecular flexibility index (Phi) is 6.82. The SMILES string of the molecule is C=CC(=O)N1CCN(c2nc(OC[C@@H]3CCCN3C)nc3cc(-c4cccc5c4C[C@H]4C[C@@H]54)c(F)cc23)C[C@@H]1CC#N. The van der Waals surface area contributed by atoms with Crippen molar-refractivity contribution in [3.05, 3.63) is 59.9 Å². The summed E-state index contributed by atoms with van der Waals surface area (Å²) >= 11 is 0. The third-order valence-electron chi connectivity index (χ3n) is 9.68. The highest BCUT2D eigenvalue weighted by Crippen LogP contribution is 2.58. The molecule has 0 unspecified atom stereocenters. The van der Waals surface area contributed by atoms with Crippen LogP contribution in [0, 0.1) is 23.1 Å². The molecular formula is C33H35FN6O2. The molecule has 0 N–H and O–H groups in total. The lowest BCUT2D eigenvalue weighted by Gasteiger charge is -2.41. The molecule has 4 atom stereocenters. The van der Waals surface area contributed by atoms with Crippen LogP contribution in [0.2, 0.25) is 0 Å². The summed E-state index contributed by atoms with van der Waals surface area (Å²) in [6, 6.07) is 12.1. The van der Waals surface area contributed by atoms with Gasteiger partial charge in [-0.3, -0.25) is 4.79 Å². The number of likely N-dealkylation sites (tertiary alicyclic amines) is 1. The molecule has 3 heterocycles. The van der Waals surface area contributed by atoms with Crippen LogP contribution in [0.1, 0.15) is 42.7 Å². The van der Waals surface area contributed by atoms with Gasteiger partial charge in [-0.2, -0.15) is 15.2 Å². The van der Waals surface area contributed by atoms with Crippen LogP contribution in [0.5, 0.6) is 6.01 Å². The van der Waals surface area contributed by atoms with E-state index < -0.39 is 0 Å². The van der Waals surface area contributed by atoms with Gasteiger partial charge < -0.3 is 19.4 Å². The van der Waals surface area contributed by atoms with Crippen molar-refractivity contribution in [2.45, 2.75) is 50.1 Å². The van der Waals surface area contributed by atoms with Crippen LogP contribution in [-0.4, -0.2) is 77.6 Å². The summed E-state index contributed by atoms with van der Waals surface area (Å²) in [5, 5.41) is 10.1. The number of halogens is 1. The van der Waals surface area contributed by atoms with Gasteiger partial charge in [-0.05, 0) is 86.0 Å². The molecule has 0 radical (unpaired) electrons. The Hall–Kier alpha value is -4.03. The van der Waals surface area contributed by atoms with Gasteiger partial charge in [-0.1, -0.05) is 24.8 Å². The molecule has 2 saturated heterocycles. The first kappa shape index (κ1) is 26.8. The molecule has 0 bridgehead atoms. The Balaban J connectivity index is 1.29. The summed E-state index contributed by atoms with van der Waals surface area (Å²) in [7, 11) is 2.10. The van der Waals surface area contributed by atoms with Crippen LogP contribution < -0.4 is 9.64 Å². The van der Waals surface area contributed by atoms with Crippen molar-refractivity contribution >= 4 is 22.6 Å². The molecule has 1 amide bonds. The van der Waals surface area contributed by atoms with E-state index in [2.05, 4.69) is 30.7 Å². The van der Waals surface area contributed by atoms with Crippen molar-refractivity contribution < 1.29 is 13.9 Å². The number of fused-ring (bicyclic) bond motifs is 4. The van der Waals surface area contributed by atoms with Crippen LogP contribution in [0.4, 0.5) is 10.2 Å². The zero-order valence-corrected chi connectivity index (χ0v) is 23.9. The molecule has 1 aromatic heterocycles. The predicted molar refractivity (Wildman–Crippen MR) is 159 cm³/mol. The van der Waals surface area contributed by atoms with Gasteiger partial charge in [-0.15, -0.1) is 0 Å². The van der Waals surface area contributed by atoms with Crippen LogP contribution >= 0.6 is 0 Å². The fourth-order valence-corrected chi connectivity index (χ4v) is 7.27. The molecule has 9 heteroatoms. The van der Waals surface area contributed by atoms with Crippen LogP contribution in [0.25, 0.3) is 22.0 Å². The zero-order chi connectivity index (χ0) is 29.0. The molecule has 2 aliphatic heterocycles. The summed E-state index contributed by atoms with van der Waals surface area (Å²) in [4.78, 5) is 28.1. The molecule has 2 aromatic carbocycles. The van der Waals surface area contributed by atoms with Crippen LogP contribution in [-0.2, 0) is 11.2 Å². The molecule has 3 fully saturated rings. The smallest absolute Gasteiger partial charge is 0.319 e. The monoisotopic (exact) mass is 566 g/mol. The van der Waals surface area contributed by atoms with Crippen molar-refractivity contribution in [2.24, 2.45) is 5.92 Å². The second-order valence-corrected chi connectivity index (χ2v) is 12.1. The summed E-state index contributed by atoms with van der Waals surface area (Å²) < 4.78 is 22.2. The van der Waals surface area contributed by atoms with Gasteiger partial charge in [-0.25, -0.2) is 4.39 Å². The highest BCUT2D eigenvalue weighted by atomic mass is 19.1. The van der Waals surface area contributed by atoms with Crippen LogP contribution in [0.3, 0.4) is 0 Å². The van der Waals surface area contributed by atoms with Gasteiger partial charge in [0.25, 0.3) is 0 Å². The van der Waals surface area contributed by atoms with Crippen molar-refractivity contribution in [1.82, 2.24) is 19.8 Å². The number of carbonyl (C=O) groups excluding carboxylic acids is 1. The van der Waals surface area contributed by atoms with Crippen molar-refractivity contribution in [3.8, 4) is 23.2 Å². The van der Waals surface area contributed by atoms with E-state index in [1.807, 2.05) is 23.1 Å². The second kappa shape index (κ2) is 10.7. The number of hydrogen-bond acceptors (Lipinski definition) is 7. The van der Waals surface area contributed by atoms with Gasteiger partial charge >= 0.3 is 6.01 Å². The first-order valence-corrected chi connectivity index (χ1v) is 15.0. The largest absolute Gasteiger partial charge is 0.462 e. The van der Waals surface area contributed by atoms with Gasteiger partial charge in [0.2, 0.25) is 5.91 Å². The molecular weight excluding hydrogens is 531 g/mol. The summed E-state index contributed by atoms with van der Waals surface area (Å²) in [5.41, 5.74) is 4.73. The van der Waals surface area contributed by atoms with E-state index >= 15 is 4.39 Å². The van der Waals surface area contributed by atoms with E-state index in [4.69, 9.17) is 14.7 Å². The highest BCUT2D eigenvalue weighted by Gasteiger charge is 2.45. The minimum Gasteiger partial charge on any atom is -0.462 e. The first-order chi connectivity index (χ1) is 20.4. The molecule has 2 aliphatic carbocycles. The van der Waals surface area contributed by atoms with E-state index in [-0.39, 0.29) is 30.2 Å². The normalized spacial score (nSPS) is 24.8. The lowest BCUT2D eigenvalue weighted by molar-refractivity contribution is -0.128. The van der Waals surface area contributed by atoms with Crippen molar-refractivity contribution in [2.75, 3.05) is 44.7 Å². The number of ether oxygens (including phenoxy) is 1. The molecule has 1 saturated carbocycles. The van der Waals surface area contributed by atoms with Gasteiger partial charge in [0.05, 0.1) is 24.0 Å². The van der Waals surface area contributed by atoms with E-state index in [1.165, 1.54) is 23.6 Å². The molecule has 4 aliphatic rings. The number of rotatable bonds is 7. The summed E-state index contributed by atoms with van der Waals surface area (Å²) in [5.74, 6) is 1.38. The topological polar surface area (TPSA) is 85.6 Å². The number of likely N-dealkylation sites (N-methyl/N-ethyl adjacent to an activating group) is 1. The maximum atomic E-state index is 16.0. The third-order valence-corrected chi connectivity index (χ3v) is 9.68. The number of aromatic nitrogens is 2. The summed E-state index contributed by atoms with van der Waals surface area (Å²) in [6.45, 7) is 6.42. The number of nitriles is 1. The fourth-order valence-electron chi connectivity index (χ4n) is 7.27. The van der Waals surface area contributed by atoms with Crippen LogP contribution in [0.15, 0.2) is 43.0 Å². The third kappa shape index (κ3) is 4.68. The van der Waals surface area contributed by atoms with E-state index in [1.54, 1.807) is 11.0 Å².